The van der Waals surface area contributed by atoms with Gasteiger partial charge in [0, 0.05) is 25.2 Å². The largest absolute Gasteiger partial charge is 0.327 e. The van der Waals surface area contributed by atoms with Crippen molar-refractivity contribution in [1.82, 2.24) is 4.90 Å². The fraction of sp³-hybridized carbons (Fsp3) is 1.00. The highest BCUT2D eigenvalue weighted by molar-refractivity contribution is 7.91. The van der Waals surface area contributed by atoms with Gasteiger partial charge in [-0.05, 0) is 43.9 Å². The summed E-state index contributed by atoms with van der Waals surface area (Å²) >= 11 is 0. The number of fused-ring (bicyclic) bond motifs is 2. The maximum atomic E-state index is 11.6. The highest BCUT2D eigenvalue weighted by atomic mass is 32.2. The van der Waals surface area contributed by atoms with Crippen LogP contribution in [0.1, 0.15) is 26.2 Å². The lowest BCUT2D eigenvalue weighted by Gasteiger charge is -2.38. The van der Waals surface area contributed by atoms with Crippen molar-refractivity contribution in [3.8, 4) is 0 Å². The normalized spacial score (nSPS) is 47.6. The Hall–Kier alpha value is -0.130. The highest BCUT2D eigenvalue weighted by Gasteiger charge is 2.46. The van der Waals surface area contributed by atoms with E-state index in [4.69, 9.17) is 5.73 Å². The van der Waals surface area contributed by atoms with E-state index in [2.05, 4.69) is 4.90 Å². The quantitative estimate of drug-likeness (QED) is 0.794. The van der Waals surface area contributed by atoms with E-state index in [9.17, 15) is 8.42 Å². The molecule has 3 fully saturated rings. The van der Waals surface area contributed by atoms with Gasteiger partial charge < -0.3 is 5.73 Å². The number of nitrogens with two attached hydrogens (primary N) is 1. The Balaban J connectivity index is 1.64. The van der Waals surface area contributed by atoms with Gasteiger partial charge in [0.15, 0.2) is 9.84 Å². The molecule has 5 atom stereocenters. The smallest absolute Gasteiger partial charge is 0.153 e. The molecule has 0 amide bonds. The van der Waals surface area contributed by atoms with Crippen LogP contribution >= 0.6 is 0 Å². The molecule has 18 heavy (non-hydrogen) atoms. The zero-order valence-electron chi connectivity index (χ0n) is 11.1. The van der Waals surface area contributed by atoms with Crippen molar-refractivity contribution in [3.63, 3.8) is 0 Å². The Morgan fingerprint density at radius 3 is 2.61 bits per heavy atom. The van der Waals surface area contributed by atoms with Crippen LogP contribution < -0.4 is 5.73 Å². The molecule has 3 aliphatic rings. The molecule has 4 nitrogen and oxygen atoms in total. The van der Waals surface area contributed by atoms with E-state index < -0.39 is 9.84 Å². The molecule has 0 spiro atoms. The second-order valence-electron chi connectivity index (χ2n) is 6.53. The van der Waals surface area contributed by atoms with Crippen molar-refractivity contribution >= 4 is 9.84 Å². The van der Waals surface area contributed by atoms with Crippen molar-refractivity contribution in [3.05, 3.63) is 0 Å². The van der Waals surface area contributed by atoms with Gasteiger partial charge in [0.2, 0.25) is 0 Å². The van der Waals surface area contributed by atoms with Gasteiger partial charge in [-0.15, -0.1) is 0 Å². The van der Waals surface area contributed by atoms with Gasteiger partial charge >= 0.3 is 0 Å². The monoisotopic (exact) mass is 272 g/mol. The summed E-state index contributed by atoms with van der Waals surface area (Å²) in [6, 6.07) is 0.518. The molecule has 2 N–H and O–H groups in total. The third-order valence-corrected chi connectivity index (χ3v) is 7.21. The Labute approximate surface area is 110 Å². The molecular formula is C13H24N2O2S. The summed E-state index contributed by atoms with van der Waals surface area (Å²) in [5, 5.41) is 0. The van der Waals surface area contributed by atoms with Gasteiger partial charge in [-0.3, -0.25) is 4.90 Å². The predicted octanol–water partition coefficient (Wildman–Crippen LogP) is 0.479. The molecule has 1 aliphatic heterocycles. The third kappa shape index (κ3) is 2.21. The molecule has 0 radical (unpaired) electrons. The first-order valence-electron chi connectivity index (χ1n) is 7.16. The van der Waals surface area contributed by atoms with Gasteiger partial charge in [-0.25, -0.2) is 8.42 Å². The molecule has 5 unspecified atom stereocenters. The van der Waals surface area contributed by atoms with Gasteiger partial charge in [-0.1, -0.05) is 0 Å². The van der Waals surface area contributed by atoms with Crippen molar-refractivity contribution in [2.24, 2.45) is 23.5 Å². The topological polar surface area (TPSA) is 63.4 Å². The van der Waals surface area contributed by atoms with Crippen LogP contribution in [0, 0.1) is 17.8 Å². The van der Waals surface area contributed by atoms with Gasteiger partial charge in [0.25, 0.3) is 0 Å². The van der Waals surface area contributed by atoms with Crippen LogP contribution in [0.25, 0.3) is 0 Å². The average molecular weight is 272 g/mol. The van der Waals surface area contributed by atoms with E-state index >= 15 is 0 Å². The number of sulfone groups is 1. The second kappa shape index (κ2) is 4.46. The molecule has 104 valence electrons. The van der Waals surface area contributed by atoms with Gasteiger partial charge in [0.1, 0.15) is 0 Å². The molecule has 0 aromatic rings. The van der Waals surface area contributed by atoms with Crippen molar-refractivity contribution in [2.45, 2.75) is 38.3 Å². The predicted molar refractivity (Wildman–Crippen MR) is 72.0 cm³/mol. The minimum atomic E-state index is -2.80. The summed E-state index contributed by atoms with van der Waals surface area (Å²) in [5.41, 5.74) is 6.34. The first-order chi connectivity index (χ1) is 8.46. The second-order valence-corrected chi connectivity index (χ2v) is 8.76. The molecule has 2 saturated carbocycles. The van der Waals surface area contributed by atoms with Gasteiger partial charge in [-0.2, -0.15) is 0 Å². The van der Waals surface area contributed by atoms with Crippen molar-refractivity contribution in [1.29, 1.82) is 0 Å². The minimum Gasteiger partial charge on any atom is -0.327 e. The standard InChI is InChI=1S/C13H24N2O2S/c1-9-8-18(16,17)5-4-15(9)7-12-10-2-3-11(6-10)13(12)14/h9-13H,2-8,14H2,1H3. The van der Waals surface area contributed by atoms with Crippen molar-refractivity contribution in [2.75, 3.05) is 24.6 Å². The van der Waals surface area contributed by atoms with E-state index in [0.717, 1.165) is 18.4 Å². The van der Waals surface area contributed by atoms with Crippen LogP contribution in [0.2, 0.25) is 0 Å². The summed E-state index contributed by atoms with van der Waals surface area (Å²) in [7, 11) is -2.80. The zero-order chi connectivity index (χ0) is 12.9. The molecule has 3 rings (SSSR count). The molecule has 0 aromatic heterocycles. The van der Waals surface area contributed by atoms with E-state index in [1.165, 1.54) is 19.3 Å². The zero-order valence-corrected chi connectivity index (χ0v) is 11.9. The van der Waals surface area contributed by atoms with Gasteiger partial charge in [0.05, 0.1) is 11.5 Å². The molecule has 2 bridgehead atoms. The van der Waals surface area contributed by atoms with Crippen LogP contribution in [0.15, 0.2) is 0 Å². The third-order valence-electron chi connectivity index (χ3n) is 5.41. The summed E-state index contributed by atoms with van der Waals surface area (Å²) in [4.78, 5) is 2.35. The Bertz CT molecular complexity index is 421. The highest BCUT2D eigenvalue weighted by Crippen LogP contribution is 2.48. The molecule has 1 saturated heterocycles. The maximum absolute atomic E-state index is 11.6. The van der Waals surface area contributed by atoms with Crippen LogP contribution in [0.4, 0.5) is 0 Å². The fourth-order valence-corrected chi connectivity index (χ4v) is 5.93. The number of hydrogen-bond acceptors (Lipinski definition) is 4. The first kappa shape index (κ1) is 12.9. The first-order valence-corrected chi connectivity index (χ1v) is 8.98. The van der Waals surface area contributed by atoms with E-state index in [0.29, 0.717) is 30.0 Å². The Kier molecular flexibility index (Phi) is 3.19. The summed E-state index contributed by atoms with van der Waals surface area (Å²) in [6.45, 7) is 3.75. The lowest BCUT2D eigenvalue weighted by molar-refractivity contribution is 0.149. The number of rotatable bonds is 2. The van der Waals surface area contributed by atoms with E-state index in [1.807, 2.05) is 6.92 Å². The van der Waals surface area contributed by atoms with E-state index in [-0.39, 0.29) is 6.04 Å². The molecule has 1 heterocycles. The molecule has 5 heteroatoms. The molecular weight excluding hydrogens is 248 g/mol. The van der Waals surface area contributed by atoms with Crippen LogP contribution in [-0.2, 0) is 9.84 Å². The van der Waals surface area contributed by atoms with Crippen LogP contribution in [0.3, 0.4) is 0 Å². The Morgan fingerprint density at radius 1 is 1.28 bits per heavy atom. The maximum Gasteiger partial charge on any atom is 0.153 e. The average Bonchev–Trinajstić information content (AvgIpc) is 2.84. The SMILES string of the molecule is CC1CS(=O)(=O)CCN1CC1C2CCC(C2)C1N. The number of nitrogens with zero attached hydrogens (tertiary/aromatic N) is 1. The van der Waals surface area contributed by atoms with Crippen LogP contribution in [-0.4, -0.2) is 50.0 Å². The lowest BCUT2D eigenvalue weighted by Crippen LogP contribution is -2.51. The number of hydrogen-bond donors (Lipinski definition) is 1. The van der Waals surface area contributed by atoms with Crippen LogP contribution in [0.5, 0.6) is 0 Å². The molecule has 2 aliphatic carbocycles. The van der Waals surface area contributed by atoms with E-state index in [1.54, 1.807) is 0 Å². The minimum absolute atomic E-state index is 0.162. The summed E-state index contributed by atoms with van der Waals surface area (Å²) in [5.74, 6) is 2.79. The summed E-state index contributed by atoms with van der Waals surface area (Å²) < 4.78 is 23.2. The summed E-state index contributed by atoms with van der Waals surface area (Å²) in [6.07, 6.45) is 3.96. The lowest BCUT2D eigenvalue weighted by atomic mass is 9.84. The van der Waals surface area contributed by atoms with Crippen molar-refractivity contribution < 1.29 is 8.42 Å². The molecule has 0 aromatic carbocycles. The fourth-order valence-electron chi connectivity index (χ4n) is 4.30. The Morgan fingerprint density at radius 2 is 2.00 bits per heavy atom.